The fourth-order valence-electron chi connectivity index (χ4n) is 3.35. The highest BCUT2D eigenvalue weighted by Gasteiger charge is 2.34. The Bertz CT molecular complexity index is 583. The Labute approximate surface area is 131 Å². The fraction of sp³-hybridized carbons (Fsp3) is 0.529. The maximum Gasteiger partial charge on any atom is 0.0525 e. The van der Waals surface area contributed by atoms with Crippen LogP contribution in [0, 0.1) is 5.92 Å². The summed E-state index contributed by atoms with van der Waals surface area (Å²) in [6.07, 6.45) is 7.00. The van der Waals surface area contributed by atoms with Gasteiger partial charge in [-0.2, -0.15) is 5.10 Å². The molecule has 22 heavy (non-hydrogen) atoms. The smallest absolute Gasteiger partial charge is 0.0525 e. The second-order valence-electron chi connectivity index (χ2n) is 6.10. The van der Waals surface area contributed by atoms with Crippen LogP contribution in [-0.4, -0.2) is 53.0 Å². The van der Waals surface area contributed by atoms with E-state index < -0.39 is 0 Å². The lowest BCUT2D eigenvalue weighted by atomic mass is 9.92. The molecular weight excluding hydrogens is 276 g/mol. The van der Waals surface area contributed by atoms with E-state index in [2.05, 4.69) is 33.3 Å². The van der Waals surface area contributed by atoms with E-state index in [9.17, 15) is 0 Å². The van der Waals surface area contributed by atoms with Gasteiger partial charge in [-0.1, -0.05) is 6.07 Å². The van der Waals surface area contributed by atoms with Crippen LogP contribution >= 0.6 is 0 Å². The van der Waals surface area contributed by atoms with Crippen molar-refractivity contribution in [2.75, 3.05) is 33.4 Å². The predicted octanol–water partition coefficient (Wildman–Crippen LogP) is 1.72. The van der Waals surface area contributed by atoms with Crippen molar-refractivity contribution in [2.45, 2.75) is 12.3 Å². The average Bonchev–Trinajstić information content (AvgIpc) is 3.13. The summed E-state index contributed by atoms with van der Waals surface area (Å²) < 4.78 is 7.31. The Morgan fingerprint density at radius 3 is 2.91 bits per heavy atom. The SMILES string of the molecule is COC[C@@H]1CN(CCc2ccccn2)C[C@H]1c1cnn(C)c1. The van der Waals surface area contributed by atoms with Crippen LogP contribution in [0.15, 0.2) is 36.8 Å². The molecule has 5 nitrogen and oxygen atoms in total. The third-order valence-electron chi connectivity index (χ3n) is 4.46. The third kappa shape index (κ3) is 3.54. The molecule has 5 heteroatoms. The number of ether oxygens (including phenoxy) is 1. The van der Waals surface area contributed by atoms with Gasteiger partial charge in [-0.15, -0.1) is 0 Å². The minimum absolute atomic E-state index is 0.511. The lowest BCUT2D eigenvalue weighted by Crippen LogP contribution is -2.24. The standard InChI is InChI=1S/C17H24N4O/c1-20-10-14(9-19-20)17-12-21(11-15(17)13-22-2)8-6-16-5-3-4-7-18-16/h3-5,7,9-10,15,17H,6,8,11-13H2,1-2H3/t15-,17-/m0/s1. The van der Waals surface area contributed by atoms with Crippen LogP contribution in [0.1, 0.15) is 17.2 Å². The molecule has 1 fully saturated rings. The van der Waals surface area contributed by atoms with Crippen molar-refractivity contribution in [2.24, 2.45) is 13.0 Å². The van der Waals surface area contributed by atoms with Gasteiger partial charge in [0.2, 0.25) is 0 Å². The first-order valence-corrected chi connectivity index (χ1v) is 7.86. The lowest BCUT2D eigenvalue weighted by molar-refractivity contribution is 0.148. The first-order valence-electron chi connectivity index (χ1n) is 7.86. The molecule has 2 aromatic heterocycles. The maximum atomic E-state index is 5.43. The molecular formula is C17H24N4O. The van der Waals surface area contributed by atoms with Crippen LogP contribution in [-0.2, 0) is 18.2 Å². The molecule has 0 unspecified atom stereocenters. The van der Waals surface area contributed by atoms with Crippen molar-refractivity contribution in [3.8, 4) is 0 Å². The summed E-state index contributed by atoms with van der Waals surface area (Å²) in [5, 5.41) is 4.32. The van der Waals surface area contributed by atoms with Gasteiger partial charge in [-0.25, -0.2) is 0 Å². The molecule has 0 amide bonds. The summed E-state index contributed by atoms with van der Waals surface area (Å²) in [4.78, 5) is 6.93. The minimum atomic E-state index is 0.511. The largest absolute Gasteiger partial charge is 0.384 e. The molecule has 2 atom stereocenters. The van der Waals surface area contributed by atoms with Crippen LogP contribution < -0.4 is 0 Å². The van der Waals surface area contributed by atoms with Crippen LogP contribution in [0.5, 0.6) is 0 Å². The Morgan fingerprint density at radius 2 is 2.23 bits per heavy atom. The first kappa shape index (κ1) is 15.2. The van der Waals surface area contributed by atoms with E-state index in [1.807, 2.05) is 30.2 Å². The zero-order chi connectivity index (χ0) is 15.4. The zero-order valence-corrected chi connectivity index (χ0v) is 13.4. The van der Waals surface area contributed by atoms with Gasteiger partial charge < -0.3 is 9.64 Å². The van der Waals surface area contributed by atoms with Crippen molar-refractivity contribution < 1.29 is 4.74 Å². The van der Waals surface area contributed by atoms with Gasteiger partial charge in [-0.05, 0) is 17.7 Å². The Kier molecular flexibility index (Phi) is 4.85. The highest BCUT2D eigenvalue weighted by atomic mass is 16.5. The lowest BCUT2D eigenvalue weighted by Gasteiger charge is -2.15. The number of aromatic nitrogens is 3. The Balaban J connectivity index is 1.62. The quantitative estimate of drug-likeness (QED) is 0.815. The monoisotopic (exact) mass is 300 g/mol. The molecule has 1 saturated heterocycles. The summed E-state index contributed by atoms with van der Waals surface area (Å²) >= 11 is 0. The molecule has 3 heterocycles. The van der Waals surface area contributed by atoms with E-state index in [1.165, 1.54) is 5.56 Å². The predicted molar refractivity (Wildman–Crippen MR) is 85.7 cm³/mol. The molecule has 1 aliphatic rings. The van der Waals surface area contributed by atoms with Crippen LogP contribution in [0.25, 0.3) is 0 Å². The molecule has 0 bridgehead atoms. The highest BCUT2D eigenvalue weighted by molar-refractivity contribution is 5.16. The zero-order valence-electron chi connectivity index (χ0n) is 13.4. The highest BCUT2D eigenvalue weighted by Crippen LogP contribution is 2.32. The maximum absolute atomic E-state index is 5.43. The van der Waals surface area contributed by atoms with E-state index in [1.54, 1.807) is 7.11 Å². The van der Waals surface area contributed by atoms with Gasteiger partial charge in [0.25, 0.3) is 0 Å². The third-order valence-corrected chi connectivity index (χ3v) is 4.46. The van der Waals surface area contributed by atoms with Crippen LogP contribution in [0.4, 0.5) is 0 Å². The number of likely N-dealkylation sites (tertiary alicyclic amines) is 1. The van der Waals surface area contributed by atoms with Gasteiger partial charge in [-0.3, -0.25) is 9.67 Å². The van der Waals surface area contributed by atoms with E-state index in [4.69, 9.17) is 4.74 Å². The van der Waals surface area contributed by atoms with Gasteiger partial charge in [0.05, 0.1) is 12.8 Å². The summed E-state index contributed by atoms with van der Waals surface area (Å²) in [5.74, 6) is 1.05. The second kappa shape index (κ2) is 7.03. The number of hydrogen-bond donors (Lipinski definition) is 0. The topological polar surface area (TPSA) is 43.2 Å². The normalized spacial score (nSPS) is 22.3. The van der Waals surface area contributed by atoms with Gasteiger partial charge >= 0.3 is 0 Å². The first-order chi connectivity index (χ1) is 10.8. The molecule has 3 rings (SSSR count). The van der Waals surface area contributed by atoms with Gasteiger partial charge in [0.15, 0.2) is 0 Å². The summed E-state index contributed by atoms with van der Waals surface area (Å²) in [6.45, 7) is 4.01. The van der Waals surface area contributed by atoms with Crippen LogP contribution in [0.2, 0.25) is 0 Å². The second-order valence-corrected chi connectivity index (χ2v) is 6.10. The molecule has 0 radical (unpaired) electrons. The van der Waals surface area contributed by atoms with Crippen molar-refractivity contribution >= 4 is 0 Å². The van der Waals surface area contributed by atoms with Crippen LogP contribution in [0.3, 0.4) is 0 Å². The number of rotatable bonds is 6. The summed E-state index contributed by atoms with van der Waals surface area (Å²) in [5.41, 5.74) is 2.49. The minimum Gasteiger partial charge on any atom is -0.384 e. The molecule has 0 spiro atoms. The molecule has 0 N–H and O–H groups in total. The number of hydrogen-bond acceptors (Lipinski definition) is 4. The molecule has 0 aromatic carbocycles. The fourth-order valence-corrected chi connectivity index (χ4v) is 3.35. The van der Waals surface area contributed by atoms with Crippen molar-refractivity contribution in [1.82, 2.24) is 19.7 Å². The summed E-state index contributed by atoms with van der Waals surface area (Å²) in [6, 6.07) is 6.12. The molecule has 2 aromatic rings. The van der Waals surface area contributed by atoms with E-state index in [0.717, 1.165) is 38.4 Å². The van der Waals surface area contributed by atoms with Gasteiger partial charge in [0, 0.05) is 70.1 Å². The number of nitrogens with zero attached hydrogens (tertiary/aromatic N) is 4. The number of aryl methyl sites for hydroxylation is 1. The van der Waals surface area contributed by atoms with Crippen molar-refractivity contribution in [1.29, 1.82) is 0 Å². The summed E-state index contributed by atoms with van der Waals surface area (Å²) in [7, 11) is 3.76. The van der Waals surface area contributed by atoms with Crippen molar-refractivity contribution in [3.05, 3.63) is 48.0 Å². The molecule has 0 aliphatic carbocycles. The van der Waals surface area contributed by atoms with Gasteiger partial charge in [0.1, 0.15) is 0 Å². The molecule has 118 valence electrons. The van der Waals surface area contributed by atoms with E-state index >= 15 is 0 Å². The molecule has 1 aliphatic heterocycles. The average molecular weight is 300 g/mol. The molecule has 0 saturated carbocycles. The van der Waals surface area contributed by atoms with Crippen molar-refractivity contribution in [3.63, 3.8) is 0 Å². The Hall–Kier alpha value is -1.72. The number of pyridine rings is 1. The van der Waals surface area contributed by atoms with E-state index in [-0.39, 0.29) is 0 Å². The van der Waals surface area contributed by atoms with E-state index in [0.29, 0.717) is 11.8 Å². The number of methoxy groups -OCH3 is 1. The Morgan fingerprint density at radius 1 is 1.32 bits per heavy atom.